The molecule has 0 heterocycles. The van der Waals surface area contributed by atoms with E-state index in [-0.39, 0.29) is 38.2 Å². The van der Waals surface area contributed by atoms with E-state index in [2.05, 4.69) is 26.0 Å². The zero-order chi connectivity index (χ0) is 59.8. The van der Waals surface area contributed by atoms with Crippen LogP contribution in [0.3, 0.4) is 0 Å². The summed E-state index contributed by atoms with van der Waals surface area (Å²) in [7, 11) is 6.00. The first-order valence-electron chi connectivity index (χ1n) is 36.4. The fourth-order valence-electron chi connectivity index (χ4n) is 11.2. The second-order valence-corrected chi connectivity index (χ2v) is 26.3. The van der Waals surface area contributed by atoms with Crippen molar-refractivity contribution < 1.29 is 42.9 Å². The lowest BCUT2D eigenvalue weighted by atomic mass is 10.0. The van der Waals surface area contributed by atoms with E-state index in [9.17, 15) is 19.5 Å². The third-order valence-electron chi connectivity index (χ3n) is 16.8. The highest BCUT2D eigenvalue weighted by Crippen LogP contribution is 2.19. The Kier molecular flexibility index (Phi) is 63.5. The maximum Gasteiger partial charge on any atom is 0.361 e. The van der Waals surface area contributed by atoms with Gasteiger partial charge in [-0.15, -0.1) is 0 Å². The number of esters is 2. The number of quaternary nitrogens is 1. The van der Waals surface area contributed by atoms with Crippen molar-refractivity contribution in [3.8, 4) is 0 Å². The van der Waals surface area contributed by atoms with E-state index in [1.807, 2.05) is 21.1 Å². The summed E-state index contributed by atoms with van der Waals surface area (Å²) < 4.78 is 23.0. The number of rotatable bonds is 69. The predicted molar refractivity (Wildman–Crippen MR) is 351 cm³/mol. The molecular weight excluding hydrogens is 1020 g/mol. The molecule has 0 aromatic rings. The first-order chi connectivity index (χ1) is 40.1. The van der Waals surface area contributed by atoms with Crippen molar-refractivity contribution in [2.45, 2.75) is 392 Å². The maximum absolute atomic E-state index is 12.9. The molecule has 0 bridgehead atoms. The number of carboxylic acid groups (broad SMARTS) is 1. The van der Waals surface area contributed by atoms with Gasteiger partial charge in [-0.3, -0.25) is 9.59 Å². The van der Waals surface area contributed by atoms with Crippen molar-refractivity contribution >= 4 is 17.9 Å². The first kappa shape index (κ1) is 80.0. The number of hydrogen-bond acceptors (Lipinski definition) is 7. The number of allylic oxidation sites excluding steroid dienone is 2. The molecule has 0 saturated heterocycles. The molecular formula is C73H142NO8+. The normalized spacial score (nSPS) is 12.6. The molecule has 1 N–H and O–H groups in total. The summed E-state index contributed by atoms with van der Waals surface area (Å²) in [6.45, 7) is 4.96. The number of carbonyl (C=O) groups is 3. The molecule has 0 spiro atoms. The minimum absolute atomic E-state index is 0.173. The number of hydrogen-bond donors (Lipinski definition) is 1. The Morgan fingerprint density at radius 2 is 0.622 bits per heavy atom. The van der Waals surface area contributed by atoms with Crippen LogP contribution in [0, 0.1) is 0 Å². The second kappa shape index (κ2) is 65.0. The molecule has 0 radical (unpaired) electrons. The fraction of sp³-hybridized carbons (Fsp3) is 0.932. The van der Waals surface area contributed by atoms with Crippen molar-refractivity contribution in [1.29, 1.82) is 0 Å². The van der Waals surface area contributed by atoms with Crippen LogP contribution < -0.4 is 0 Å². The molecule has 2 atom stereocenters. The minimum atomic E-state index is -1.51. The molecule has 0 amide bonds. The Labute approximate surface area is 510 Å². The Morgan fingerprint density at radius 3 is 0.902 bits per heavy atom. The molecule has 486 valence electrons. The number of carbonyl (C=O) groups excluding carboxylic acids is 2. The maximum atomic E-state index is 12.9. The zero-order valence-electron chi connectivity index (χ0n) is 55.7. The van der Waals surface area contributed by atoms with E-state index in [0.29, 0.717) is 17.4 Å². The number of nitrogens with zero attached hydrogens (tertiary/aromatic N) is 1. The first-order valence-corrected chi connectivity index (χ1v) is 36.4. The molecule has 2 unspecified atom stereocenters. The summed E-state index contributed by atoms with van der Waals surface area (Å²) in [4.78, 5) is 37.6. The summed E-state index contributed by atoms with van der Waals surface area (Å²) in [5.41, 5.74) is 0. The van der Waals surface area contributed by atoms with Crippen LogP contribution in [0.25, 0.3) is 0 Å². The van der Waals surface area contributed by atoms with Gasteiger partial charge in [0.2, 0.25) is 0 Å². The summed E-state index contributed by atoms with van der Waals surface area (Å²) in [6, 6.07) is 0. The standard InChI is InChI=1S/C73H141NO8/c1-6-8-10-12-14-16-18-20-22-24-26-28-30-31-32-33-34-35-36-37-38-39-40-41-42-44-46-48-50-52-54-56-58-60-62-64-71(76)82-69(68-81-73(72(77)78)79-66-65-74(3,4)5)67-80-70(75)63-61-59-57-55-53-51-49-47-45-43-29-27-25-23-21-19-17-15-13-11-9-7-2/h24,26,69,73H,6-23,25,27-68H2,1-5H3/p+1/b26-24-. The fourth-order valence-corrected chi connectivity index (χ4v) is 11.2. The highest BCUT2D eigenvalue weighted by Gasteiger charge is 2.25. The van der Waals surface area contributed by atoms with E-state index in [1.165, 1.54) is 315 Å². The Bertz CT molecular complexity index is 1350. The summed E-state index contributed by atoms with van der Waals surface area (Å²) in [5, 5.41) is 9.75. The van der Waals surface area contributed by atoms with Gasteiger partial charge in [-0.2, -0.15) is 0 Å². The van der Waals surface area contributed by atoms with Gasteiger partial charge in [-0.05, 0) is 38.5 Å². The van der Waals surface area contributed by atoms with Gasteiger partial charge >= 0.3 is 17.9 Å². The quantitative estimate of drug-likeness (QED) is 0.0211. The van der Waals surface area contributed by atoms with Gasteiger partial charge in [-0.25, -0.2) is 4.79 Å². The van der Waals surface area contributed by atoms with Crippen LogP contribution in [0.1, 0.15) is 380 Å². The van der Waals surface area contributed by atoms with Crippen molar-refractivity contribution in [2.24, 2.45) is 0 Å². The summed E-state index contributed by atoms with van der Waals surface area (Å²) in [5.74, 6) is -1.97. The number of ether oxygens (including phenoxy) is 4. The van der Waals surface area contributed by atoms with Crippen molar-refractivity contribution in [1.82, 2.24) is 0 Å². The lowest BCUT2D eigenvalue weighted by molar-refractivity contribution is -0.870. The molecule has 82 heavy (non-hydrogen) atoms. The molecule has 9 heteroatoms. The molecule has 0 rings (SSSR count). The largest absolute Gasteiger partial charge is 0.477 e. The van der Waals surface area contributed by atoms with Crippen molar-refractivity contribution in [2.75, 3.05) is 47.5 Å². The van der Waals surface area contributed by atoms with E-state index in [4.69, 9.17) is 18.9 Å². The topological polar surface area (TPSA) is 108 Å². The van der Waals surface area contributed by atoms with E-state index < -0.39 is 18.4 Å². The van der Waals surface area contributed by atoms with Crippen LogP contribution in [0.4, 0.5) is 0 Å². The van der Waals surface area contributed by atoms with Crippen LogP contribution in [0.5, 0.6) is 0 Å². The molecule has 0 fully saturated rings. The van der Waals surface area contributed by atoms with Gasteiger partial charge in [-0.1, -0.05) is 341 Å². The molecule has 0 aromatic heterocycles. The van der Waals surface area contributed by atoms with Crippen molar-refractivity contribution in [3.63, 3.8) is 0 Å². The lowest BCUT2D eigenvalue weighted by Gasteiger charge is -2.25. The highest BCUT2D eigenvalue weighted by molar-refractivity contribution is 5.71. The van der Waals surface area contributed by atoms with Crippen LogP contribution in [-0.4, -0.2) is 87.4 Å². The highest BCUT2D eigenvalue weighted by atomic mass is 16.7. The summed E-state index contributed by atoms with van der Waals surface area (Å²) in [6.07, 6.45) is 76.3. The molecule has 0 aliphatic carbocycles. The van der Waals surface area contributed by atoms with Crippen LogP contribution in [-0.2, 0) is 33.3 Å². The molecule has 0 aromatic carbocycles. The monoisotopic (exact) mass is 1160 g/mol. The average molecular weight is 1160 g/mol. The zero-order valence-corrected chi connectivity index (χ0v) is 55.7. The van der Waals surface area contributed by atoms with Gasteiger partial charge in [0.1, 0.15) is 13.2 Å². The third kappa shape index (κ3) is 65.6. The second-order valence-electron chi connectivity index (χ2n) is 26.3. The van der Waals surface area contributed by atoms with E-state index in [0.717, 1.165) is 38.5 Å². The average Bonchev–Trinajstić information content (AvgIpc) is 3.45. The Hall–Kier alpha value is -1.97. The third-order valence-corrected chi connectivity index (χ3v) is 16.8. The van der Waals surface area contributed by atoms with Crippen LogP contribution in [0.15, 0.2) is 12.2 Å². The number of unbranched alkanes of at least 4 members (excludes halogenated alkanes) is 52. The molecule has 0 saturated carbocycles. The van der Waals surface area contributed by atoms with E-state index >= 15 is 0 Å². The molecule has 0 aliphatic heterocycles. The van der Waals surface area contributed by atoms with E-state index in [1.54, 1.807) is 0 Å². The Morgan fingerprint density at radius 1 is 0.354 bits per heavy atom. The molecule has 0 aliphatic rings. The van der Waals surface area contributed by atoms with Gasteiger partial charge in [0.05, 0.1) is 34.4 Å². The number of aliphatic carboxylic acids is 1. The predicted octanol–water partition coefficient (Wildman–Crippen LogP) is 22.4. The van der Waals surface area contributed by atoms with Gasteiger partial charge in [0, 0.05) is 12.8 Å². The minimum Gasteiger partial charge on any atom is -0.477 e. The SMILES string of the molecule is CCCCCCCCCC/C=C\CCCCCCCCCCCCCCCCCCCCCCCCCC(=O)OC(COC(=O)CCCCCCCCCCCCCCCCCCCCCCCC)COC(OCC[N+](C)(C)C)C(=O)O. The molecule has 9 nitrogen and oxygen atoms in total. The van der Waals surface area contributed by atoms with Crippen LogP contribution >= 0.6 is 0 Å². The lowest BCUT2D eigenvalue weighted by Crippen LogP contribution is -2.40. The van der Waals surface area contributed by atoms with Crippen LogP contribution in [0.2, 0.25) is 0 Å². The number of likely N-dealkylation sites (N-methyl/N-ethyl adjacent to an activating group) is 1. The van der Waals surface area contributed by atoms with Gasteiger partial charge in [0.25, 0.3) is 6.29 Å². The van der Waals surface area contributed by atoms with Crippen molar-refractivity contribution in [3.05, 3.63) is 12.2 Å². The van der Waals surface area contributed by atoms with Gasteiger partial charge < -0.3 is 28.5 Å². The van der Waals surface area contributed by atoms with Gasteiger partial charge in [0.15, 0.2) is 6.10 Å². The smallest absolute Gasteiger partial charge is 0.361 e. The summed E-state index contributed by atoms with van der Waals surface area (Å²) >= 11 is 0. The number of carboxylic acids is 1. The Balaban J connectivity index is 3.99.